The Morgan fingerprint density at radius 3 is 2.69 bits per heavy atom. The summed E-state index contributed by atoms with van der Waals surface area (Å²) in [4.78, 5) is 6.06. The number of fused-ring (bicyclic) bond motifs is 1. The summed E-state index contributed by atoms with van der Waals surface area (Å²) in [6.07, 6.45) is 4.93. The SMILES string of the molecule is Cc1cc(C=Nc2sc3c(c2C#N)CC[C@H](C(C)(C)C)C3)c(C)n1-c1ccc(F)c(Cl)c1. The van der Waals surface area contributed by atoms with Gasteiger partial charge in [0.2, 0.25) is 0 Å². The van der Waals surface area contributed by atoms with E-state index < -0.39 is 5.82 Å². The molecular formula is C26H27ClFN3S. The number of thiophene rings is 1. The van der Waals surface area contributed by atoms with Gasteiger partial charge >= 0.3 is 0 Å². The maximum absolute atomic E-state index is 13.6. The highest BCUT2D eigenvalue weighted by atomic mass is 35.5. The number of rotatable bonds is 3. The van der Waals surface area contributed by atoms with Crippen LogP contribution in [0.1, 0.15) is 60.1 Å². The minimum Gasteiger partial charge on any atom is -0.318 e. The van der Waals surface area contributed by atoms with E-state index in [2.05, 4.69) is 26.8 Å². The third-order valence-corrected chi connectivity index (χ3v) is 7.99. The largest absolute Gasteiger partial charge is 0.318 e. The summed E-state index contributed by atoms with van der Waals surface area (Å²) in [5.41, 5.74) is 5.95. The average Bonchev–Trinajstić information content (AvgIpc) is 3.23. The van der Waals surface area contributed by atoms with Gasteiger partial charge in [-0.1, -0.05) is 32.4 Å². The third-order valence-electron chi connectivity index (χ3n) is 6.54. The van der Waals surface area contributed by atoms with Crippen LogP contribution in [0, 0.1) is 42.3 Å². The van der Waals surface area contributed by atoms with Gasteiger partial charge in [0.1, 0.15) is 16.9 Å². The first-order valence-corrected chi connectivity index (χ1v) is 12.0. The highest BCUT2D eigenvalue weighted by Crippen LogP contribution is 2.45. The lowest BCUT2D eigenvalue weighted by Crippen LogP contribution is -2.26. The first-order chi connectivity index (χ1) is 15.1. The number of nitrogens with zero attached hydrogens (tertiary/aromatic N) is 3. The third kappa shape index (κ3) is 4.14. The molecule has 3 nitrogen and oxygen atoms in total. The lowest BCUT2D eigenvalue weighted by atomic mass is 9.72. The summed E-state index contributed by atoms with van der Waals surface area (Å²) >= 11 is 7.65. The minimum absolute atomic E-state index is 0.0987. The fourth-order valence-electron chi connectivity index (χ4n) is 4.58. The lowest BCUT2D eigenvalue weighted by Gasteiger charge is -2.33. The van der Waals surface area contributed by atoms with E-state index in [1.807, 2.05) is 30.7 Å². The number of hydrogen-bond acceptors (Lipinski definition) is 3. The van der Waals surface area contributed by atoms with Gasteiger partial charge in [0, 0.05) is 33.7 Å². The van der Waals surface area contributed by atoms with Crippen LogP contribution in [0.3, 0.4) is 0 Å². The number of aliphatic imine (C=N–C) groups is 1. The molecule has 0 saturated heterocycles. The van der Waals surface area contributed by atoms with Crippen LogP contribution in [0.4, 0.5) is 9.39 Å². The minimum atomic E-state index is -0.431. The van der Waals surface area contributed by atoms with Crippen molar-refractivity contribution in [1.82, 2.24) is 4.57 Å². The zero-order valence-electron chi connectivity index (χ0n) is 19.1. The Balaban J connectivity index is 1.67. The molecule has 0 radical (unpaired) electrons. The van der Waals surface area contributed by atoms with Crippen LogP contribution < -0.4 is 0 Å². The maximum Gasteiger partial charge on any atom is 0.141 e. The second-order valence-corrected chi connectivity index (χ2v) is 11.1. The zero-order chi connectivity index (χ0) is 23.2. The molecule has 4 rings (SSSR count). The van der Waals surface area contributed by atoms with Crippen molar-refractivity contribution >= 4 is 34.2 Å². The molecule has 0 spiro atoms. The molecular weight excluding hydrogens is 441 g/mol. The Bertz CT molecular complexity index is 1250. The van der Waals surface area contributed by atoms with Gasteiger partial charge in [0.25, 0.3) is 0 Å². The van der Waals surface area contributed by atoms with E-state index in [-0.39, 0.29) is 10.4 Å². The molecule has 0 saturated carbocycles. The van der Waals surface area contributed by atoms with E-state index in [1.54, 1.807) is 23.5 Å². The Labute approximate surface area is 198 Å². The zero-order valence-corrected chi connectivity index (χ0v) is 20.7. The summed E-state index contributed by atoms with van der Waals surface area (Å²) in [5.74, 6) is 0.192. The van der Waals surface area contributed by atoms with Gasteiger partial charge in [-0.05, 0) is 74.3 Å². The summed E-state index contributed by atoms with van der Waals surface area (Å²) < 4.78 is 15.6. The second kappa shape index (κ2) is 8.50. The molecule has 0 bridgehead atoms. The highest BCUT2D eigenvalue weighted by molar-refractivity contribution is 7.16. The van der Waals surface area contributed by atoms with Crippen molar-refractivity contribution in [2.75, 3.05) is 0 Å². The van der Waals surface area contributed by atoms with Crippen LogP contribution in [0.25, 0.3) is 5.69 Å². The van der Waals surface area contributed by atoms with Gasteiger partial charge in [0.15, 0.2) is 0 Å². The van der Waals surface area contributed by atoms with E-state index in [1.165, 1.54) is 16.5 Å². The van der Waals surface area contributed by atoms with Gasteiger partial charge in [-0.25, -0.2) is 9.38 Å². The molecule has 0 aliphatic heterocycles. The van der Waals surface area contributed by atoms with Crippen LogP contribution in [-0.2, 0) is 12.8 Å². The van der Waals surface area contributed by atoms with Gasteiger partial charge in [-0.2, -0.15) is 5.26 Å². The Morgan fingerprint density at radius 1 is 1.28 bits per heavy atom. The van der Waals surface area contributed by atoms with E-state index in [0.29, 0.717) is 5.92 Å². The number of benzene rings is 1. The molecule has 0 fully saturated rings. The molecule has 2 aromatic heterocycles. The molecule has 6 heteroatoms. The molecule has 32 heavy (non-hydrogen) atoms. The first-order valence-electron chi connectivity index (χ1n) is 10.8. The molecule has 1 aliphatic carbocycles. The van der Waals surface area contributed by atoms with Crippen LogP contribution in [0.5, 0.6) is 0 Å². The van der Waals surface area contributed by atoms with Crippen molar-refractivity contribution in [3.05, 3.63) is 68.1 Å². The van der Waals surface area contributed by atoms with E-state index in [0.717, 1.165) is 52.5 Å². The number of aromatic nitrogens is 1. The standard InChI is InChI=1S/C26H27ClFN3S/c1-15-10-17(16(2)31(15)19-7-9-23(28)22(27)12-19)14-30-25-21(13-29)20-8-6-18(26(3,4)5)11-24(20)32-25/h7,9-10,12,14,18H,6,8,11H2,1-5H3/t18-/m0/s1. The molecule has 0 N–H and O–H groups in total. The first kappa shape index (κ1) is 22.8. The summed E-state index contributed by atoms with van der Waals surface area (Å²) in [5, 5.41) is 10.7. The molecule has 3 aromatic rings. The van der Waals surface area contributed by atoms with Crippen molar-refractivity contribution in [3.63, 3.8) is 0 Å². The molecule has 1 aromatic carbocycles. The van der Waals surface area contributed by atoms with Crippen molar-refractivity contribution in [2.45, 2.75) is 53.9 Å². The smallest absolute Gasteiger partial charge is 0.141 e. The van der Waals surface area contributed by atoms with E-state index >= 15 is 0 Å². The van der Waals surface area contributed by atoms with Gasteiger partial charge < -0.3 is 4.57 Å². The monoisotopic (exact) mass is 467 g/mol. The van der Waals surface area contributed by atoms with E-state index in [9.17, 15) is 9.65 Å². The molecule has 0 unspecified atom stereocenters. The fraction of sp³-hybridized carbons (Fsp3) is 0.385. The van der Waals surface area contributed by atoms with Crippen molar-refractivity contribution in [1.29, 1.82) is 5.26 Å². The van der Waals surface area contributed by atoms with Crippen LogP contribution in [-0.4, -0.2) is 10.8 Å². The number of hydrogen-bond donors (Lipinski definition) is 0. The van der Waals surface area contributed by atoms with Crippen LogP contribution >= 0.6 is 22.9 Å². The number of nitriles is 1. The quantitative estimate of drug-likeness (QED) is 0.363. The van der Waals surface area contributed by atoms with E-state index in [4.69, 9.17) is 16.6 Å². The van der Waals surface area contributed by atoms with Crippen LogP contribution in [0.15, 0.2) is 29.3 Å². The number of aryl methyl sites for hydroxylation is 1. The summed E-state index contributed by atoms with van der Waals surface area (Å²) in [6.45, 7) is 10.9. The maximum atomic E-state index is 13.6. The predicted molar refractivity (Wildman–Crippen MR) is 131 cm³/mol. The fourth-order valence-corrected chi connectivity index (χ4v) is 5.98. The molecule has 0 amide bonds. The molecule has 2 heterocycles. The topological polar surface area (TPSA) is 41.1 Å². The Kier molecular flexibility index (Phi) is 6.04. The van der Waals surface area contributed by atoms with Crippen LogP contribution in [0.2, 0.25) is 5.02 Å². The van der Waals surface area contributed by atoms with Crippen molar-refractivity contribution in [3.8, 4) is 11.8 Å². The van der Waals surface area contributed by atoms with Crippen molar-refractivity contribution in [2.24, 2.45) is 16.3 Å². The van der Waals surface area contributed by atoms with Gasteiger partial charge in [-0.15, -0.1) is 11.3 Å². The van der Waals surface area contributed by atoms with Crippen molar-refractivity contribution < 1.29 is 4.39 Å². The van der Waals surface area contributed by atoms with Gasteiger partial charge in [0.05, 0.1) is 10.6 Å². The predicted octanol–water partition coefficient (Wildman–Crippen LogP) is 7.72. The lowest BCUT2D eigenvalue weighted by molar-refractivity contribution is 0.218. The normalized spacial score (nSPS) is 16.4. The molecule has 166 valence electrons. The summed E-state index contributed by atoms with van der Waals surface area (Å²) in [7, 11) is 0. The average molecular weight is 468 g/mol. The summed E-state index contributed by atoms with van der Waals surface area (Å²) in [6, 6.07) is 9.18. The van der Waals surface area contributed by atoms with Gasteiger partial charge in [-0.3, -0.25) is 0 Å². The highest BCUT2D eigenvalue weighted by Gasteiger charge is 2.32. The number of halogens is 2. The Morgan fingerprint density at radius 2 is 2.03 bits per heavy atom. The Hall–Kier alpha value is -2.42. The molecule has 1 aliphatic rings. The molecule has 1 atom stereocenters. The second-order valence-electron chi connectivity index (χ2n) is 9.62.